The van der Waals surface area contributed by atoms with E-state index in [-0.39, 0.29) is 23.8 Å². The molecular weight excluding hydrogens is 286 g/mol. The van der Waals surface area contributed by atoms with Crippen LogP contribution in [0.5, 0.6) is 0 Å². The second-order valence-corrected chi connectivity index (χ2v) is 5.83. The van der Waals surface area contributed by atoms with E-state index < -0.39 is 0 Å². The van der Waals surface area contributed by atoms with Gasteiger partial charge in [0.05, 0.1) is 17.8 Å². The fourth-order valence-electron chi connectivity index (χ4n) is 2.93. The van der Waals surface area contributed by atoms with Gasteiger partial charge in [0.2, 0.25) is 5.76 Å². The first-order valence-electron chi connectivity index (χ1n) is 7.42. The number of aromatic nitrogens is 4. The third-order valence-electron chi connectivity index (χ3n) is 4.34. The van der Waals surface area contributed by atoms with Crippen molar-refractivity contribution >= 4 is 5.91 Å². The third kappa shape index (κ3) is 2.29. The Labute approximate surface area is 126 Å². The first-order valence-corrected chi connectivity index (χ1v) is 7.42. The number of nitrogens with zero attached hydrogens (tertiary/aromatic N) is 4. The Morgan fingerprint density at radius 3 is 3.05 bits per heavy atom. The largest absolute Gasteiger partial charge is 0.380 e. The minimum Gasteiger partial charge on any atom is -0.380 e. The Hall–Kier alpha value is -2.22. The van der Waals surface area contributed by atoms with Gasteiger partial charge in [-0.1, -0.05) is 5.16 Å². The van der Waals surface area contributed by atoms with Crippen LogP contribution in [-0.4, -0.2) is 50.9 Å². The number of ether oxygens (including phenoxy) is 1. The monoisotopic (exact) mass is 303 g/mol. The molecule has 0 radical (unpaired) electrons. The number of H-pyrrole nitrogens is 1. The van der Waals surface area contributed by atoms with Crippen molar-refractivity contribution in [1.82, 2.24) is 25.2 Å². The van der Waals surface area contributed by atoms with Gasteiger partial charge in [-0.15, -0.1) is 0 Å². The van der Waals surface area contributed by atoms with E-state index >= 15 is 0 Å². The third-order valence-corrected chi connectivity index (χ3v) is 4.34. The molecule has 1 N–H and O–H groups in total. The fourth-order valence-corrected chi connectivity index (χ4v) is 2.93. The van der Waals surface area contributed by atoms with Crippen LogP contribution < -0.4 is 0 Å². The number of hydrogen-bond acceptors (Lipinski definition) is 6. The number of carbonyl (C=O) groups is 1. The molecule has 1 saturated carbocycles. The van der Waals surface area contributed by atoms with Crippen LogP contribution in [0.1, 0.15) is 53.3 Å². The van der Waals surface area contributed by atoms with Gasteiger partial charge in [0.15, 0.2) is 0 Å². The molecule has 116 valence electrons. The molecule has 4 rings (SSSR count). The van der Waals surface area contributed by atoms with Crippen LogP contribution in [0.2, 0.25) is 0 Å². The summed E-state index contributed by atoms with van der Waals surface area (Å²) in [7, 11) is 1.65. The molecule has 1 aliphatic heterocycles. The number of likely N-dealkylation sites (tertiary alicyclic amines) is 1. The van der Waals surface area contributed by atoms with Crippen LogP contribution in [-0.2, 0) is 4.74 Å². The predicted octanol–water partition coefficient (Wildman–Crippen LogP) is 1.27. The van der Waals surface area contributed by atoms with Gasteiger partial charge in [0, 0.05) is 32.1 Å². The summed E-state index contributed by atoms with van der Waals surface area (Å²) in [6.07, 6.45) is 4.34. The first-order chi connectivity index (χ1) is 10.8. The second-order valence-electron chi connectivity index (χ2n) is 5.83. The van der Waals surface area contributed by atoms with Gasteiger partial charge >= 0.3 is 0 Å². The number of methoxy groups -OCH3 is 1. The Bertz CT molecular complexity index is 664. The van der Waals surface area contributed by atoms with Crippen molar-refractivity contribution in [1.29, 1.82) is 0 Å². The van der Waals surface area contributed by atoms with Crippen molar-refractivity contribution in [2.75, 3.05) is 13.7 Å². The summed E-state index contributed by atoms with van der Waals surface area (Å²) in [4.78, 5) is 18.6. The van der Waals surface area contributed by atoms with E-state index in [1.54, 1.807) is 18.1 Å². The van der Waals surface area contributed by atoms with Gasteiger partial charge in [0.1, 0.15) is 12.2 Å². The van der Waals surface area contributed by atoms with Crippen LogP contribution in [0.15, 0.2) is 16.9 Å². The van der Waals surface area contributed by atoms with Crippen LogP contribution in [0.25, 0.3) is 0 Å². The van der Waals surface area contributed by atoms with Gasteiger partial charge in [-0.3, -0.25) is 9.89 Å². The summed E-state index contributed by atoms with van der Waals surface area (Å²) in [5.41, 5.74) is 0.877. The topological polar surface area (TPSA) is 97.1 Å². The van der Waals surface area contributed by atoms with E-state index in [9.17, 15) is 4.79 Å². The number of carbonyl (C=O) groups excluding carboxylic acids is 1. The van der Waals surface area contributed by atoms with Gasteiger partial charge in [-0.2, -0.15) is 5.10 Å². The lowest BCUT2D eigenvalue weighted by molar-refractivity contribution is 0.0645. The highest BCUT2D eigenvalue weighted by molar-refractivity contribution is 5.92. The zero-order chi connectivity index (χ0) is 15.1. The van der Waals surface area contributed by atoms with Gasteiger partial charge in [-0.05, 0) is 12.8 Å². The molecule has 3 heterocycles. The average molecular weight is 303 g/mol. The highest BCUT2D eigenvalue weighted by Gasteiger charge is 2.40. The molecule has 2 fully saturated rings. The molecule has 1 aliphatic carbocycles. The first kappa shape index (κ1) is 13.4. The summed E-state index contributed by atoms with van der Waals surface area (Å²) < 4.78 is 10.7. The van der Waals surface area contributed by atoms with E-state index in [2.05, 4.69) is 20.3 Å². The molecule has 1 saturated heterocycles. The zero-order valence-corrected chi connectivity index (χ0v) is 12.2. The van der Waals surface area contributed by atoms with Gasteiger partial charge < -0.3 is 14.2 Å². The van der Waals surface area contributed by atoms with Crippen LogP contribution in [0.3, 0.4) is 0 Å². The van der Waals surface area contributed by atoms with E-state index in [1.807, 2.05) is 0 Å². The van der Waals surface area contributed by atoms with E-state index in [4.69, 9.17) is 9.26 Å². The molecule has 0 aromatic carbocycles. The molecule has 0 spiro atoms. The number of amides is 1. The summed E-state index contributed by atoms with van der Waals surface area (Å²) in [5, 5.41) is 10.7. The SMILES string of the molecule is CO[C@@H]1C[C@@H](c2ncn[nH]2)N(C(=O)c2cc(C3CC3)no2)C1. The molecule has 1 amide bonds. The average Bonchev–Trinajstić information content (AvgIpc) is 3.02. The minimum absolute atomic E-state index is 0.0233. The highest BCUT2D eigenvalue weighted by Crippen LogP contribution is 2.40. The van der Waals surface area contributed by atoms with Crippen LogP contribution >= 0.6 is 0 Å². The molecule has 2 aromatic heterocycles. The lowest BCUT2D eigenvalue weighted by Crippen LogP contribution is -2.32. The maximum absolute atomic E-state index is 12.7. The fraction of sp³-hybridized carbons (Fsp3) is 0.571. The Morgan fingerprint density at radius 2 is 2.36 bits per heavy atom. The number of rotatable bonds is 4. The maximum atomic E-state index is 12.7. The quantitative estimate of drug-likeness (QED) is 0.913. The highest BCUT2D eigenvalue weighted by atomic mass is 16.5. The molecule has 0 bridgehead atoms. The summed E-state index contributed by atoms with van der Waals surface area (Å²) >= 11 is 0. The van der Waals surface area contributed by atoms with Crippen molar-refractivity contribution in [3.05, 3.63) is 29.7 Å². The van der Waals surface area contributed by atoms with Crippen molar-refractivity contribution in [2.24, 2.45) is 0 Å². The number of aromatic amines is 1. The lowest BCUT2D eigenvalue weighted by atomic mass is 10.2. The predicted molar refractivity (Wildman–Crippen MR) is 74.1 cm³/mol. The molecule has 2 atom stereocenters. The summed E-state index contributed by atoms with van der Waals surface area (Å²) in [6.45, 7) is 0.500. The summed E-state index contributed by atoms with van der Waals surface area (Å²) in [5.74, 6) is 1.22. The Balaban J connectivity index is 1.58. The maximum Gasteiger partial charge on any atom is 0.293 e. The summed E-state index contributed by atoms with van der Waals surface area (Å²) in [6, 6.07) is 1.58. The number of hydrogen-bond donors (Lipinski definition) is 1. The second kappa shape index (κ2) is 5.20. The Morgan fingerprint density at radius 1 is 1.50 bits per heavy atom. The molecule has 8 heteroatoms. The van der Waals surface area contributed by atoms with Crippen molar-refractivity contribution < 1.29 is 14.1 Å². The zero-order valence-electron chi connectivity index (χ0n) is 12.2. The molecular formula is C14H17N5O3. The van der Waals surface area contributed by atoms with Crippen molar-refractivity contribution in [2.45, 2.75) is 37.3 Å². The van der Waals surface area contributed by atoms with Crippen LogP contribution in [0, 0.1) is 0 Å². The Kier molecular flexibility index (Phi) is 3.18. The minimum atomic E-state index is -0.186. The smallest absolute Gasteiger partial charge is 0.293 e. The van der Waals surface area contributed by atoms with Gasteiger partial charge in [-0.25, -0.2) is 4.98 Å². The lowest BCUT2D eigenvalue weighted by Gasteiger charge is -2.20. The van der Waals surface area contributed by atoms with Gasteiger partial charge in [0.25, 0.3) is 5.91 Å². The normalized spacial score (nSPS) is 24.9. The van der Waals surface area contributed by atoms with E-state index in [1.165, 1.54) is 6.33 Å². The molecule has 2 aliphatic rings. The van der Waals surface area contributed by atoms with E-state index in [0.717, 1.165) is 18.5 Å². The number of nitrogens with one attached hydrogen (secondary N) is 1. The van der Waals surface area contributed by atoms with E-state index in [0.29, 0.717) is 24.7 Å². The molecule has 0 unspecified atom stereocenters. The molecule has 22 heavy (non-hydrogen) atoms. The van der Waals surface area contributed by atoms with Crippen LogP contribution in [0.4, 0.5) is 0 Å². The standard InChI is InChI=1S/C14H17N5O3/c1-21-9-4-11(13-15-7-16-17-13)19(6-9)14(20)12-5-10(18-22-12)8-2-3-8/h5,7-9,11H,2-4,6H2,1H3,(H,15,16,17)/t9-,11+/m1/s1. The van der Waals surface area contributed by atoms with Crippen molar-refractivity contribution in [3.63, 3.8) is 0 Å². The molecule has 2 aromatic rings. The molecule has 8 nitrogen and oxygen atoms in total. The van der Waals surface area contributed by atoms with Crippen molar-refractivity contribution in [3.8, 4) is 0 Å².